The van der Waals surface area contributed by atoms with Crippen molar-refractivity contribution < 1.29 is 18.6 Å². The van der Waals surface area contributed by atoms with Crippen LogP contribution < -0.4 is 0 Å². The van der Waals surface area contributed by atoms with E-state index in [4.69, 9.17) is 4.74 Å². The van der Waals surface area contributed by atoms with Gasteiger partial charge in [-0.1, -0.05) is 26.7 Å². The van der Waals surface area contributed by atoms with Crippen molar-refractivity contribution in [3.05, 3.63) is 0 Å². The molecule has 0 aromatic rings. The van der Waals surface area contributed by atoms with Crippen LogP contribution in [0.4, 0.5) is 8.78 Å². The van der Waals surface area contributed by atoms with Crippen molar-refractivity contribution in [2.45, 2.75) is 90.0 Å². The van der Waals surface area contributed by atoms with E-state index in [0.717, 1.165) is 25.7 Å². The number of alkyl halides is 2. The van der Waals surface area contributed by atoms with Crippen LogP contribution in [-0.2, 0) is 4.74 Å². The van der Waals surface area contributed by atoms with E-state index in [-0.39, 0.29) is 18.4 Å². The maximum atomic E-state index is 13.9. The van der Waals surface area contributed by atoms with Crippen LogP contribution in [0.15, 0.2) is 0 Å². The second-order valence-electron chi connectivity index (χ2n) is 6.03. The van der Waals surface area contributed by atoms with Crippen molar-refractivity contribution in [2.75, 3.05) is 0 Å². The molecule has 3 unspecified atom stereocenters. The average Bonchev–Trinajstić information content (AvgIpc) is 2.36. The van der Waals surface area contributed by atoms with E-state index in [1.807, 2.05) is 13.8 Å². The third-order valence-corrected chi connectivity index (χ3v) is 4.42. The normalized spacial score (nSPS) is 28.1. The topological polar surface area (TPSA) is 29.5 Å². The average molecular weight is 278 g/mol. The number of aliphatic hydroxyl groups excluding tert-OH is 1. The Kier molecular flexibility index (Phi) is 6.18. The number of halogens is 2. The third kappa shape index (κ3) is 4.99. The Morgan fingerprint density at radius 2 is 1.95 bits per heavy atom. The summed E-state index contributed by atoms with van der Waals surface area (Å²) in [6, 6.07) is 0. The van der Waals surface area contributed by atoms with E-state index >= 15 is 0 Å². The van der Waals surface area contributed by atoms with Gasteiger partial charge in [0.15, 0.2) is 0 Å². The van der Waals surface area contributed by atoms with Crippen LogP contribution in [0.25, 0.3) is 0 Å². The molecule has 1 N–H and O–H groups in total. The number of hydrogen-bond donors (Lipinski definition) is 1. The molecule has 0 aliphatic heterocycles. The SMILES string of the molecule is CCCCC(F)(F)OC(C)(CC)C1CCCC(O)C1. The lowest BCUT2D eigenvalue weighted by atomic mass is 9.75. The number of hydrogen-bond acceptors (Lipinski definition) is 2. The van der Waals surface area contributed by atoms with Gasteiger partial charge in [0.05, 0.1) is 11.7 Å². The molecule has 3 atom stereocenters. The van der Waals surface area contributed by atoms with Gasteiger partial charge in [-0.25, -0.2) is 0 Å². The minimum Gasteiger partial charge on any atom is -0.393 e. The molecule has 114 valence electrons. The summed E-state index contributed by atoms with van der Waals surface area (Å²) >= 11 is 0. The van der Waals surface area contributed by atoms with Crippen molar-refractivity contribution in [2.24, 2.45) is 5.92 Å². The molecule has 0 bridgehead atoms. The van der Waals surface area contributed by atoms with E-state index < -0.39 is 11.7 Å². The molecular formula is C15H28F2O2. The largest absolute Gasteiger partial charge is 0.393 e. The van der Waals surface area contributed by atoms with Gasteiger partial charge in [-0.3, -0.25) is 0 Å². The zero-order valence-electron chi connectivity index (χ0n) is 12.4. The van der Waals surface area contributed by atoms with Gasteiger partial charge in [-0.05, 0) is 44.9 Å². The Balaban J connectivity index is 2.67. The Morgan fingerprint density at radius 1 is 1.26 bits per heavy atom. The first-order chi connectivity index (χ1) is 8.83. The molecule has 1 aliphatic carbocycles. The molecule has 2 nitrogen and oxygen atoms in total. The Labute approximate surface area is 115 Å². The smallest absolute Gasteiger partial charge is 0.356 e. The van der Waals surface area contributed by atoms with E-state index in [9.17, 15) is 13.9 Å². The quantitative estimate of drug-likeness (QED) is 0.742. The lowest BCUT2D eigenvalue weighted by molar-refractivity contribution is -0.310. The first-order valence-corrected chi connectivity index (χ1v) is 7.59. The van der Waals surface area contributed by atoms with Crippen molar-refractivity contribution in [3.63, 3.8) is 0 Å². The van der Waals surface area contributed by atoms with Gasteiger partial charge >= 0.3 is 6.11 Å². The van der Waals surface area contributed by atoms with Gasteiger partial charge in [0, 0.05) is 6.42 Å². The zero-order valence-corrected chi connectivity index (χ0v) is 12.4. The van der Waals surface area contributed by atoms with Crippen molar-refractivity contribution in [3.8, 4) is 0 Å². The zero-order chi connectivity index (χ0) is 14.5. The summed E-state index contributed by atoms with van der Waals surface area (Å²) in [5.41, 5.74) is -0.835. The summed E-state index contributed by atoms with van der Waals surface area (Å²) in [6.07, 6.45) is 1.25. The predicted molar refractivity (Wildman–Crippen MR) is 72.2 cm³/mol. The monoisotopic (exact) mass is 278 g/mol. The first kappa shape index (κ1) is 16.8. The standard InChI is InChI=1S/C15H28F2O2/c1-4-6-10-15(16,17)19-14(3,5-2)12-8-7-9-13(18)11-12/h12-13,18H,4-11H2,1-3H3. The molecule has 1 saturated carbocycles. The highest BCUT2D eigenvalue weighted by molar-refractivity contribution is 4.88. The molecule has 4 heteroatoms. The summed E-state index contributed by atoms with van der Waals surface area (Å²) < 4.78 is 32.9. The minimum absolute atomic E-state index is 0.0220. The lowest BCUT2D eigenvalue weighted by Gasteiger charge is -2.42. The number of rotatable bonds is 7. The minimum atomic E-state index is -3.05. The van der Waals surface area contributed by atoms with Crippen LogP contribution in [0, 0.1) is 5.92 Å². The molecule has 0 amide bonds. The third-order valence-electron chi connectivity index (χ3n) is 4.42. The Hall–Kier alpha value is -0.220. The van der Waals surface area contributed by atoms with Crippen LogP contribution in [0.3, 0.4) is 0 Å². The second kappa shape index (κ2) is 6.98. The van der Waals surface area contributed by atoms with Crippen LogP contribution in [-0.4, -0.2) is 22.9 Å². The predicted octanol–water partition coefficient (Wildman–Crippen LogP) is 4.51. The summed E-state index contributed by atoms with van der Waals surface area (Å²) in [7, 11) is 0. The van der Waals surface area contributed by atoms with Crippen molar-refractivity contribution in [1.29, 1.82) is 0 Å². The maximum absolute atomic E-state index is 13.9. The molecule has 0 aromatic heterocycles. The Bertz CT molecular complexity index is 271. The molecule has 0 radical (unpaired) electrons. The molecular weight excluding hydrogens is 250 g/mol. The number of aliphatic hydroxyl groups is 1. The second-order valence-corrected chi connectivity index (χ2v) is 6.03. The fraction of sp³-hybridized carbons (Fsp3) is 1.00. The summed E-state index contributed by atoms with van der Waals surface area (Å²) in [5.74, 6) is 0.0220. The molecule has 1 aliphatic rings. The van der Waals surface area contributed by atoms with Crippen LogP contribution >= 0.6 is 0 Å². The van der Waals surface area contributed by atoms with E-state index in [2.05, 4.69) is 0 Å². The molecule has 1 rings (SSSR count). The van der Waals surface area contributed by atoms with Crippen molar-refractivity contribution in [1.82, 2.24) is 0 Å². The molecule has 1 fully saturated rings. The number of ether oxygens (including phenoxy) is 1. The van der Waals surface area contributed by atoms with Crippen LogP contribution in [0.5, 0.6) is 0 Å². The summed E-state index contributed by atoms with van der Waals surface area (Å²) in [6.45, 7) is 5.55. The molecule has 0 heterocycles. The lowest BCUT2D eigenvalue weighted by Crippen LogP contribution is -2.45. The Morgan fingerprint density at radius 3 is 2.47 bits per heavy atom. The van der Waals surface area contributed by atoms with E-state index in [1.165, 1.54) is 0 Å². The maximum Gasteiger partial charge on any atom is 0.356 e. The fourth-order valence-electron chi connectivity index (χ4n) is 2.94. The van der Waals surface area contributed by atoms with Gasteiger partial charge in [0.25, 0.3) is 0 Å². The van der Waals surface area contributed by atoms with Crippen LogP contribution in [0.1, 0.15) is 72.1 Å². The van der Waals surface area contributed by atoms with Crippen molar-refractivity contribution >= 4 is 0 Å². The first-order valence-electron chi connectivity index (χ1n) is 7.59. The summed E-state index contributed by atoms with van der Waals surface area (Å²) in [5, 5.41) is 9.74. The molecule has 0 aromatic carbocycles. The van der Waals surface area contributed by atoms with Gasteiger partial charge < -0.3 is 9.84 Å². The molecule has 0 saturated heterocycles. The van der Waals surface area contributed by atoms with E-state index in [1.54, 1.807) is 6.92 Å². The van der Waals surface area contributed by atoms with Gasteiger partial charge in [-0.2, -0.15) is 8.78 Å². The highest BCUT2D eigenvalue weighted by atomic mass is 19.3. The highest BCUT2D eigenvalue weighted by Gasteiger charge is 2.44. The molecule has 19 heavy (non-hydrogen) atoms. The van der Waals surface area contributed by atoms with Crippen LogP contribution in [0.2, 0.25) is 0 Å². The summed E-state index contributed by atoms with van der Waals surface area (Å²) in [4.78, 5) is 0. The molecule has 0 spiro atoms. The fourth-order valence-corrected chi connectivity index (χ4v) is 2.94. The van der Waals surface area contributed by atoms with Gasteiger partial charge in [0.1, 0.15) is 0 Å². The van der Waals surface area contributed by atoms with Gasteiger partial charge in [0.2, 0.25) is 0 Å². The highest BCUT2D eigenvalue weighted by Crippen LogP contribution is 2.41. The van der Waals surface area contributed by atoms with E-state index in [0.29, 0.717) is 19.3 Å². The van der Waals surface area contributed by atoms with Gasteiger partial charge in [-0.15, -0.1) is 0 Å². The number of unbranched alkanes of at least 4 members (excludes halogenated alkanes) is 1.